The van der Waals surface area contributed by atoms with Gasteiger partial charge in [-0.15, -0.1) is 0 Å². The number of aromatic nitrogens is 2. The SMILES string of the molecule is O=C(CN1CCn2ccnc21)N1c2ccccc2NC(=O)C12CCCC2. The third kappa shape index (κ3) is 2.09. The van der Waals surface area contributed by atoms with Crippen LogP contribution in [0.15, 0.2) is 36.7 Å². The average Bonchev–Trinajstić information content (AvgIpc) is 3.35. The summed E-state index contributed by atoms with van der Waals surface area (Å²) in [6.45, 7) is 1.84. The molecular formula is C19H21N5O2. The van der Waals surface area contributed by atoms with Crippen molar-refractivity contribution in [2.75, 3.05) is 28.2 Å². The molecule has 0 atom stereocenters. The normalized spacial score (nSPS) is 20.2. The molecule has 1 aromatic carbocycles. The van der Waals surface area contributed by atoms with Crippen LogP contribution < -0.4 is 15.1 Å². The van der Waals surface area contributed by atoms with E-state index in [9.17, 15) is 9.59 Å². The maximum absolute atomic E-state index is 13.4. The van der Waals surface area contributed by atoms with E-state index in [1.165, 1.54) is 0 Å². The smallest absolute Gasteiger partial charge is 0.250 e. The molecule has 0 unspecified atom stereocenters. The number of anilines is 3. The summed E-state index contributed by atoms with van der Waals surface area (Å²) in [7, 11) is 0. The molecule has 134 valence electrons. The number of hydrogen-bond acceptors (Lipinski definition) is 4. The van der Waals surface area contributed by atoms with Gasteiger partial charge in [-0.05, 0) is 25.0 Å². The molecule has 1 fully saturated rings. The monoisotopic (exact) mass is 351 g/mol. The quantitative estimate of drug-likeness (QED) is 0.898. The molecule has 2 aromatic rings. The summed E-state index contributed by atoms with van der Waals surface area (Å²) in [6, 6.07) is 7.59. The number of carbonyl (C=O) groups excluding carboxylic acids is 2. The van der Waals surface area contributed by atoms with Crippen molar-refractivity contribution in [3.8, 4) is 0 Å². The van der Waals surface area contributed by atoms with Crippen LogP contribution in [-0.4, -0.2) is 40.0 Å². The molecule has 3 heterocycles. The highest BCUT2D eigenvalue weighted by atomic mass is 16.2. The largest absolute Gasteiger partial charge is 0.331 e. The second kappa shape index (κ2) is 5.59. The fraction of sp³-hybridized carbons (Fsp3) is 0.421. The molecule has 1 aliphatic carbocycles. The van der Waals surface area contributed by atoms with Gasteiger partial charge in [0.1, 0.15) is 12.1 Å². The maximum atomic E-state index is 13.4. The summed E-state index contributed by atoms with van der Waals surface area (Å²) < 4.78 is 2.05. The van der Waals surface area contributed by atoms with Crippen LogP contribution in [0.4, 0.5) is 17.3 Å². The van der Waals surface area contributed by atoms with Crippen LogP contribution in [0.25, 0.3) is 0 Å². The lowest BCUT2D eigenvalue weighted by atomic mass is 9.89. The van der Waals surface area contributed by atoms with Crippen molar-refractivity contribution in [1.82, 2.24) is 9.55 Å². The second-order valence-corrected chi connectivity index (χ2v) is 7.28. The van der Waals surface area contributed by atoms with Crippen molar-refractivity contribution in [3.63, 3.8) is 0 Å². The van der Waals surface area contributed by atoms with Gasteiger partial charge in [0, 0.05) is 25.5 Å². The van der Waals surface area contributed by atoms with E-state index in [1.807, 2.05) is 35.4 Å². The number of nitrogens with zero attached hydrogens (tertiary/aromatic N) is 4. The van der Waals surface area contributed by atoms with Gasteiger partial charge in [-0.1, -0.05) is 25.0 Å². The highest BCUT2D eigenvalue weighted by molar-refractivity contribution is 6.15. The number of carbonyl (C=O) groups is 2. The maximum Gasteiger partial charge on any atom is 0.250 e. The second-order valence-electron chi connectivity index (χ2n) is 7.28. The summed E-state index contributed by atoms with van der Waals surface area (Å²) in [5.41, 5.74) is 0.772. The minimum absolute atomic E-state index is 0.0364. The summed E-state index contributed by atoms with van der Waals surface area (Å²) in [6.07, 6.45) is 7.05. The van der Waals surface area contributed by atoms with Gasteiger partial charge in [0.15, 0.2) is 0 Å². The number of fused-ring (bicyclic) bond motifs is 2. The van der Waals surface area contributed by atoms with Crippen LogP contribution in [0.1, 0.15) is 25.7 Å². The molecule has 3 aliphatic rings. The number of rotatable bonds is 2. The summed E-state index contributed by atoms with van der Waals surface area (Å²) in [4.78, 5) is 34.5. The highest BCUT2D eigenvalue weighted by Crippen LogP contribution is 2.45. The predicted molar refractivity (Wildman–Crippen MR) is 98.2 cm³/mol. The van der Waals surface area contributed by atoms with Crippen LogP contribution in [0.3, 0.4) is 0 Å². The molecule has 1 aromatic heterocycles. The number of nitrogens with one attached hydrogen (secondary N) is 1. The average molecular weight is 351 g/mol. The van der Waals surface area contributed by atoms with Crippen LogP contribution in [0.5, 0.6) is 0 Å². The first-order valence-electron chi connectivity index (χ1n) is 9.19. The minimum Gasteiger partial charge on any atom is -0.331 e. The lowest BCUT2D eigenvalue weighted by Gasteiger charge is -2.44. The van der Waals surface area contributed by atoms with Gasteiger partial charge in [-0.2, -0.15) is 0 Å². The third-order valence-electron chi connectivity index (χ3n) is 5.84. The van der Waals surface area contributed by atoms with Crippen LogP contribution in [-0.2, 0) is 16.1 Å². The zero-order valence-electron chi connectivity index (χ0n) is 14.5. The van der Waals surface area contributed by atoms with E-state index in [1.54, 1.807) is 11.1 Å². The predicted octanol–water partition coefficient (Wildman–Crippen LogP) is 2.00. The zero-order chi connectivity index (χ0) is 17.7. The molecule has 5 rings (SSSR count). The summed E-state index contributed by atoms with van der Waals surface area (Å²) in [5.74, 6) is 0.740. The molecule has 0 saturated heterocycles. The molecule has 26 heavy (non-hydrogen) atoms. The Morgan fingerprint density at radius 3 is 2.85 bits per heavy atom. The van der Waals surface area contributed by atoms with Gasteiger partial charge in [-0.25, -0.2) is 4.98 Å². The van der Waals surface area contributed by atoms with E-state index in [0.29, 0.717) is 18.5 Å². The Labute approximate surface area is 151 Å². The number of benzene rings is 1. The van der Waals surface area contributed by atoms with E-state index in [0.717, 1.165) is 37.6 Å². The molecule has 1 N–H and O–H groups in total. The Balaban J connectivity index is 1.52. The Morgan fingerprint density at radius 1 is 1.19 bits per heavy atom. The van der Waals surface area contributed by atoms with Crippen molar-refractivity contribution in [2.45, 2.75) is 37.8 Å². The van der Waals surface area contributed by atoms with E-state index >= 15 is 0 Å². The first kappa shape index (κ1) is 15.4. The van der Waals surface area contributed by atoms with Gasteiger partial charge >= 0.3 is 0 Å². The number of amides is 2. The molecule has 1 spiro atoms. The van der Waals surface area contributed by atoms with Gasteiger partial charge in [0.05, 0.1) is 11.4 Å². The van der Waals surface area contributed by atoms with Crippen molar-refractivity contribution >= 4 is 29.1 Å². The Morgan fingerprint density at radius 2 is 2.00 bits per heavy atom. The molecule has 0 bridgehead atoms. The Kier molecular flexibility index (Phi) is 3.32. The first-order valence-corrected chi connectivity index (χ1v) is 9.19. The lowest BCUT2D eigenvalue weighted by Crippen LogP contribution is -2.62. The minimum atomic E-state index is -0.749. The molecule has 1 saturated carbocycles. The highest BCUT2D eigenvalue weighted by Gasteiger charge is 2.52. The van der Waals surface area contributed by atoms with Crippen LogP contribution in [0, 0.1) is 0 Å². The molecule has 2 amide bonds. The topological polar surface area (TPSA) is 70.5 Å². The third-order valence-corrected chi connectivity index (χ3v) is 5.84. The van der Waals surface area contributed by atoms with E-state index < -0.39 is 5.54 Å². The van der Waals surface area contributed by atoms with Crippen LogP contribution in [0.2, 0.25) is 0 Å². The molecule has 0 radical (unpaired) electrons. The van der Waals surface area contributed by atoms with Crippen molar-refractivity contribution in [1.29, 1.82) is 0 Å². The van der Waals surface area contributed by atoms with Gasteiger partial charge < -0.3 is 14.8 Å². The van der Waals surface area contributed by atoms with Crippen molar-refractivity contribution in [3.05, 3.63) is 36.7 Å². The number of para-hydroxylation sites is 2. The fourth-order valence-electron chi connectivity index (χ4n) is 4.60. The van der Waals surface area contributed by atoms with E-state index in [-0.39, 0.29) is 18.4 Å². The van der Waals surface area contributed by atoms with E-state index in [4.69, 9.17) is 0 Å². The van der Waals surface area contributed by atoms with Gasteiger partial charge in [-0.3, -0.25) is 14.5 Å². The Bertz CT molecular complexity index is 884. The summed E-state index contributed by atoms with van der Waals surface area (Å²) >= 11 is 0. The fourth-order valence-corrected chi connectivity index (χ4v) is 4.60. The standard InChI is InChI=1S/C19H21N5O2/c25-16(13-23-12-11-22-10-9-20-18(22)23)24-15-6-2-1-5-14(15)21-17(26)19(24)7-3-4-8-19/h1-2,5-6,9-10H,3-4,7-8,11-13H2,(H,21,26). The van der Waals surface area contributed by atoms with Crippen molar-refractivity contribution < 1.29 is 9.59 Å². The van der Waals surface area contributed by atoms with Crippen molar-refractivity contribution in [2.24, 2.45) is 0 Å². The lowest BCUT2D eigenvalue weighted by molar-refractivity contribution is -0.126. The number of imidazole rings is 1. The molecule has 7 nitrogen and oxygen atoms in total. The molecule has 7 heteroatoms. The Hall–Kier alpha value is -2.83. The first-order chi connectivity index (χ1) is 12.7. The number of hydrogen-bond donors (Lipinski definition) is 1. The summed E-state index contributed by atoms with van der Waals surface area (Å²) in [5, 5.41) is 3.02. The van der Waals surface area contributed by atoms with Crippen LogP contribution >= 0.6 is 0 Å². The zero-order valence-corrected chi connectivity index (χ0v) is 14.5. The van der Waals surface area contributed by atoms with Gasteiger partial charge in [0.25, 0.3) is 5.91 Å². The van der Waals surface area contributed by atoms with Gasteiger partial charge in [0.2, 0.25) is 11.9 Å². The van der Waals surface area contributed by atoms with E-state index in [2.05, 4.69) is 14.9 Å². The molecule has 2 aliphatic heterocycles. The molecular weight excluding hydrogens is 330 g/mol.